The molecule has 6 nitrogen and oxygen atoms in total. The Morgan fingerprint density at radius 2 is 1.96 bits per heavy atom. The standard InChI is InChI=1S/C17H18F3N3O3S/c1-10-6-11(2)23(21-10)9-12-7-16(22-26-12)14-5-4-13(27(3,24)25)8-15(14)17(18,19)20/h4-6,8,12H,7,9H2,1-3H3/t12-/m1/s1. The summed E-state index contributed by atoms with van der Waals surface area (Å²) in [4.78, 5) is 4.90. The van der Waals surface area contributed by atoms with Gasteiger partial charge in [-0.15, -0.1) is 0 Å². The van der Waals surface area contributed by atoms with Crippen molar-refractivity contribution >= 4 is 15.5 Å². The van der Waals surface area contributed by atoms with Crippen molar-refractivity contribution in [2.24, 2.45) is 5.16 Å². The van der Waals surface area contributed by atoms with Gasteiger partial charge in [-0.1, -0.05) is 11.2 Å². The van der Waals surface area contributed by atoms with Crippen molar-refractivity contribution in [3.63, 3.8) is 0 Å². The van der Waals surface area contributed by atoms with Crippen LogP contribution in [-0.2, 0) is 27.4 Å². The maximum Gasteiger partial charge on any atom is 0.417 e. The largest absolute Gasteiger partial charge is 0.417 e. The first-order valence-electron chi connectivity index (χ1n) is 8.10. The number of hydrogen-bond donors (Lipinski definition) is 0. The van der Waals surface area contributed by atoms with Gasteiger partial charge in [-0.25, -0.2) is 8.42 Å². The van der Waals surface area contributed by atoms with Gasteiger partial charge in [-0.3, -0.25) is 4.68 Å². The average Bonchev–Trinajstić information content (AvgIpc) is 3.12. The number of hydrogen-bond acceptors (Lipinski definition) is 5. The van der Waals surface area contributed by atoms with E-state index in [1.165, 1.54) is 0 Å². The number of benzene rings is 1. The first-order chi connectivity index (χ1) is 12.4. The maximum atomic E-state index is 13.5. The molecule has 0 fully saturated rings. The molecular weight excluding hydrogens is 383 g/mol. The lowest BCUT2D eigenvalue weighted by atomic mass is 9.99. The fraction of sp³-hybridized carbons (Fsp3) is 0.412. The maximum absolute atomic E-state index is 13.5. The van der Waals surface area contributed by atoms with Gasteiger partial charge in [-0.05, 0) is 32.0 Å². The molecule has 3 rings (SSSR count). The van der Waals surface area contributed by atoms with Crippen molar-refractivity contribution in [1.29, 1.82) is 0 Å². The molecule has 0 unspecified atom stereocenters. The molecule has 0 bridgehead atoms. The van der Waals surface area contributed by atoms with Gasteiger partial charge in [0.2, 0.25) is 0 Å². The van der Waals surface area contributed by atoms with Crippen LogP contribution in [0.3, 0.4) is 0 Å². The highest BCUT2D eigenvalue weighted by atomic mass is 32.2. The Morgan fingerprint density at radius 3 is 2.52 bits per heavy atom. The van der Waals surface area contributed by atoms with Crippen LogP contribution < -0.4 is 0 Å². The monoisotopic (exact) mass is 401 g/mol. The molecule has 0 saturated heterocycles. The van der Waals surface area contributed by atoms with Gasteiger partial charge < -0.3 is 4.84 Å². The third-order valence-corrected chi connectivity index (χ3v) is 5.36. The number of alkyl halides is 3. The van der Waals surface area contributed by atoms with E-state index in [-0.39, 0.29) is 17.7 Å². The molecule has 0 amide bonds. The average molecular weight is 401 g/mol. The summed E-state index contributed by atoms with van der Waals surface area (Å²) in [7, 11) is -3.76. The van der Waals surface area contributed by atoms with Crippen molar-refractivity contribution in [3.05, 3.63) is 46.8 Å². The normalized spacial score (nSPS) is 17.7. The Hall–Kier alpha value is -2.36. The molecule has 0 saturated carbocycles. The quantitative estimate of drug-likeness (QED) is 0.789. The molecular formula is C17H18F3N3O3S. The van der Waals surface area contributed by atoms with E-state index < -0.39 is 32.6 Å². The zero-order valence-electron chi connectivity index (χ0n) is 14.9. The summed E-state index contributed by atoms with van der Waals surface area (Å²) < 4.78 is 65.3. The lowest BCUT2D eigenvalue weighted by Crippen LogP contribution is -2.20. The van der Waals surface area contributed by atoms with Crippen LogP contribution in [0.15, 0.2) is 34.3 Å². The number of sulfone groups is 1. The Bertz CT molecular complexity index is 1010. The Labute approximate surface area is 154 Å². The Balaban J connectivity index is 1.87. The second kappa shape index (κ2) is 6.66. The minimum Gasteiger partial charge on any atom is -0.390 e. The minimum atomic E-state index is -4.72. The second-order valence-electron chi connectivity index (χ2n) is 6.56. The zero-order valence-corrected chi connectivity index (χ0v) is 15.7. The van der Waals surface area contributed by atoms with Gasteiger partial charge in [0.1, 0.15) is 0 Å². The third kappa shape index (κ3) is 4.15. The molecule has 1 aliphatic rings. The number of nitrogens with zero attached hydrogens (tertiary/aromatic N) is 3. The predicted octanol–water partition coefficient (Wildman–Crippen LogP) is 3.12. The molecule has 1 aliphatic heterocycles. The van der Waals surface area contributed by atoms with Gasteiger partial charge in [0.15, 0.2) is 15.9 Å². The Morgan fingerprint density at radius 1 is 1.26 bits per heavy atom. The summed E-state index contributed by atoms with van der Waals surface area (Å²) in [5.74, 6) is 0. The van der Waals surface area contributed by atoms with Crippen molar-refractivity contribution in [2.75, 3.05) is 6.26 Å². The lowest BCUT2D eigenvalue weighted by molar-refractivity contribution is -0.137. The highest BCUT2D eigenvalue weighted by Gasteiger charge is 2.37. The molecule has 1 atom stereocenters. The first kappa shape index (κ1) is 19.4. The van der Waals surface area contributed by atoms with Gasteiger partial charge in [0.05, 0.1) is 28.4 Å². The van der Waals surface area contributed by atoms with E-state index in [2.05, 4.69) is 10.3 Å². The van der Waals surface area contributed by atoms with Crippen LogP contribution in [0.25, 0.3) is 0 Å². The van der Waals surface area contributed by atoms with Crippen LogP contribution in [0.2, 0.25) is 0 Å². The summed E-state index contributed by atoms with van der Waals surface area (Å²) in [5, 5.41) is 8.12. The van der Waals surface area contributed by atoms with E-state index in [1.807, 2.05) is 19.9 Å². The molecule has 1 aromatic carbocycles. The van der Waals surface area contributed by atoms with Crippen LogP contribution >= 0.6 is 0 Å². The fourth-order valence-corrected chi connectivity index (χ4v) is 3.63. The topological polar surface area (TPSA) is 73.5 Å². The minimum absolute atomic E-state index is 0.133. The highest BCUT2D eigenvalue weighted by molar-refractivity contribution is 7.90. The molecule has 2 heterocycles. The van der Waals surface area contributed by atoms with Crippen molar-refractivity contribution < 1.29 is 26.4 Å². The van der Waals surface area contributed by atoms with E-state index in [1.54, 1.807) is 4.68 Å². The van der Waals surface area contributed by atoms with Gasteiger partial charge in [-0.2, -0.15) is 18.3 Å². The number of rotatable bonds is 4. The smallest absolute Gasteiger partial charge is 0.390 e. The summed E-state index contributed by atoms with van der Waals surface area (Å²) in [6, 6.07) is 4.81. The second-order valence-corrected chi connectivity index (χ2v) is 8.57. The SMILES string of the molecule is Cc1cc(C)n(C[C@H]2CC(c3ccc(S(C)(=O)=O)cc3C(F)(F)F)=NO2)n1. The van der Waals surface area contributed by atoms with Crippen molar-refractivity contribution in [2.45, 2.75) is 44.0 Å². The third-order valence-electron chi connectivity index (χ3n) is 4.25. The first-order valence-corrected chi connectivity index (χ1v) is 9.99. The highest BCUT2D eigenvalue weighted by Crippen LogP contribution is 2.35. The molecule has 0 aliphatic carbocycles. The molecule has 1 aromatic heterocycles. The fourth-order valence-electron chi connectivity index (χ4n) is 2.98. The molecule has 27 heavy (non-hydrogen) atoms. The molecule has 0 spiro atoms. The number of aryl methyl sites for hydroxylation is 2. The molecule has 10 heteroatoms. The summed E-state index contributed by atoms with van der Waals surface area (Å²) >= 11 is 0. The molecule has 0 N–H and O–H groups in total. The summed E-state index contributed by atoms with van der Waals surface area (Å²) in [6.07, 6.45) is -4.14. The van der Waals surface area contributed by atoms with Gasteiger partial charge in [0, 0.05) is 23.9 Å². The van der Waals surface area contributed by atoms with Crippen molar-refractivity contribution in [1.82, 2.24) is 9.78 Å². The van der Waals surface area contributed by atoms with Crippen LogP contribution in [0.5, 0.6) is 0 Å². The number of oxime groups is 1. The summed E-state index contributed by atoms with van der Waals surface area (Å²) in [6.45, 7) is 4.08. The lowest BCUT2D eigenvalue weighted by Gasteiger charge is -2.14. The van der Waals surface area contributed by atoms with Crippen LogP contribution in [0.1, 0.15) is 28.9 Å². The van der Waals surface area contributed by atoms with Crippen LogP contribution in [-0.4, -0.2) is 36.3 Å². The number of halogens is 3. The van der Waals surface area contributed by atoms with E-state index >= 15 is 0 Å². The molecule has 2 aromatic rings. The van der Waals surface area contributed by atoms with Crippen LogP contribution in [0, 0.1) is 13.8 Å². The van der Waals surface area contributed by atoms with E-state index in [0.717, 1.165) is 29.8 Å². The van der Waals surface area contributed by atoms with Gasteiger partial charge >= 0.3 is 6.18 Å². The van der Waals surface area contributed by atoms with E-state index in [0.29, 0.717) is 12.6 Å². The Kier molecular flexibility index (Phi) is 4.79. The molecule has 146 valence electrons. The summed E-state index contributed by atoms with van der Waals surface area (Å²) in [5.41, 5.74) is 0.666. The van der Waals surface area contributed by atoms with Crippen LogP contribution in [0.4, 0.5) is 13.2 Å². The van der Waals surface area contributed by atoms with Gasteiger partial charge in [0.25, 0.3) is 0 Å². The van der Waals surface area contributed by atoms with Crippen molar-refractivity contribution in [3.8, 4) is 0 Å². The predicted molar refractivity (Wildman–Crippen MR) is 92.3 cm³/mol. The van der Waals surface area contributed by atoms with E-state index in [9.17, 15) is 21.6 Å². The van der Waals surface area contributed by atoms with E-state index in [4.69, 9.17) is 4.84 Å². The zero-order chi connectivity index (χ0) is 20.0. The number of aromatic nitrogens is 2. The molecule has 0 radical (unpaired) electrons.